The molecule has 1 heterocycles. The number of amides is 1. The van der Waals surface area contributed by atoms with Gasteiger partial charge in [0.05, 0.1) is 10.9 Å². The molecule has 0 fully saturated rings. The smallest absolute Gasteiger partial charge is 0.314 e. The van der Waals surface area contributed by atoms with Gasteiger partial charge in [-0.15, -0.1) is 0 Å². The highest BCUT2D eigenvalue weighted by Crippen LogP contribution is 2.16. The van der Waals surface area contributed by atoms with E-state index in [1.807, 2.05) is 45.0 Å². The van der Waals surface area contributed by atoms with Gasteiger partial charge < -0.3 is 4.90 Å². The maximum atomic E-state index is 13.1. The third kappa shape index (κ3) is 3.50. The second-order valence-corrected chi connectivity index (χ2v) is 7.11. The van der Waals surface area contributed by atoms with Crippen molar-refractivity contribution in [3.63, 3.8) is 0 Å². The largest absolute Gasteiger partial charge is 0.332 e. The average Bonchev–Trinajstić information content (AvgIpc) is 2.70. The van der Waals surface area contributed by atoms with Crippen molar-refractivity contribution in [2.24, 2.45) is 0 Å². The van der Waals surface area contributed by atoms with E-state index in [0.29, 0.717) is 17.3 Å². The molecule has 2 aromatic carbocycles. The van der Waals surface area contributed by atoms with E-state index in [1.54, 1.807) is 31.3 Å². The van der Waals surface area contributed by atoms with Gasteiger partial charge in [0.25, 0.3) is 5.56 Å². The van der Waals surface area contributed by atoms with Crippen LogP contribution in [0, 0.1) is 6.92 Å². The predicted octanol–water partition coefficient (Wildman–Crippen LogP) is 3.11. The van der Waals surface area contributed by atoms with E-state index >= 15 is 0 Å². The second kappa shape index (κ2) is 7.84. The highest BCUT2D eigenvalue weighted by Gasteiger charge is 2.19. The molecule has 0 saturated heterocycles. The minimum Gasteiger partial charge on any atom is -0.314 e. The Morgan fingerprint density at radius 1 is 1.11 bits per heavy atom. The van der Waals surface area contributed by atoms with Gasteiger partial charge in [0, 0.05) is 18.8 Å². The maximum absolute atomic E-state index is 13.1. The monoisotopic (exact) mass is 379 g/mol. The number of nitrogens with zero attached hydrogens (tertiary/aromatic N) is 3. The third-order valence-electron chi connectivity index (χ3n) is 5.17. The van der Waals surface area contributed by atoms with Crippen LogP contribution in [0.4, 0.5) is 5.69 Å². The molecule has 0 saturated carbocycles. The van der Waals surface area contributed by atoms with Gasteiger partial charge in [0.15, 0.2) is 0 Å². The average molecular weight is 379 g/mol. The van der Waals surface area contributed by atoms with Gasteiger partial charge in [-0.2, -0.15) is 0 Å². The van der Waals surface area contributed by atoms with Crippen molar-refractivity contribution >= 4 is 22.5 Å². The summed E-state index contributed by atoms with van der Waals surface area (Å²) in [7, 11) is 1.69. The molecule has 0 radical (unpaired) electrons. The molecule has 6 heteroatoms. The summed E-state index contributed by atoms with van der Waals surface area (Å²) in [6, 6.07) is 14.3. The van der Waals surface area contributed by atoms with Crippen LogP contribution in [0.5, 0.6) is 0 Å². The van der Waals surface area contributed by atoms with Crippen molar-refractivity contribution in [1.82, 2.24) is 9.13 Å². The Bertz CT molecular complexity index is 1140. The predicted molar refractivity (Wildman–Crippen MR) is 112 cm³/mol. The number of carbonyl (C=O) groups excluding carboxylic acids is 1. The SMILES string of the molecule is CCC(C)n1c(=O)c2ccccc2n(CC(=O)N(C)c2cccc(C)c2)c1=O. The van der Waals surface area contributed by atoms with E-state index in [2.05, 4.69) is 0 Å². The summed E-state index contributed by atoms with van der Waals surface area (Å²) in [4.78, 5) is 40.4. The molecular formula is C22H25N3O3. The summed E-state index contributed by atoms with van der Waals surface area (Å²) in [5.41, 5.74) is 1.51. The van der Waals surface area contributed by atoms with E-state index in [0.717, 1.165) is 11.3 Å². The molecule has 1 amide bonds. The van der Waals surface area contributed by atoms with E-state index in [1.165, 1.54) is 14.0 Å². The van der Waals surface area contributed by atoms with Crippen LogP contribution in [0.25, 0.3) is 10.9 Å². The van der Waals surface area contributed by atoms with E-state index in [4.69, 9.17) is 0 Å². The van der Waals surface area contributed by atoms with E-state index in [9.17, 15) is 14.4 Å². The fourth-order valence-corrected chi connectivity index (χ4v) is 3.29. The molecule has 0 spiro atoms. The van der Waals surface area contributed by atoms with Crippen LogP contribution in [0.3, 0.4) is 0 Å². The second-order valence-electron chi connectivity index (χ2n) is 7.11. The number of anilines is 1. The fourth-order valence-electron chi connectivity index (χ4n) is 3.29. The van der Waals surface area contributed by atoms with Gasteiger partial charge in [0.1, 0.15) is 6.54 Å². The number of carbonyl (C=O) groups is 1. The maximum Gasteiger partial charge on any atom is 0.332 e. The first-order chi connectivity index (χ1) is 13.3. The van der Waals surface area contributed by atoms with Gasteiger partial charge in [0.2, 0.25) is 5.91 Å². The molecule has 28 heavy (non-hydrogen) atoms. The van der Waals surface area contributed by atoms with Crippen molar-refractivity contribution in [2.75, 3.05) is 11.9 Å². The Hall–Kier alpha value is -3.15. The fraction of sp³-hybridized carbons (Fsp3) is 0.318. The number of para-hydroxylation sites is 1. The minimum absolute atomic E-state index is 0.138. The zero-order valence-electron chi connectivity index (χ0n) is 16.7. The van der Waals surface area contributed by atoms with Crippen LogP contribution in [0.1, 0.15) is 31.9 Å². The van der Waals surface area contributed by atoms with Crippen LogP contribution in [0.2, 0.25) is 0 Å². The molecule has 146 valence electrons. The molecule has 0 N–H and O–H groups in total. The van der Waals surface area contributed by atoms with Gasteiger partial charge in [-0.3, -0.25) is 18.7 Å². The highest BCUT2D eigenvalue weighted by atomic mass is 16.2. The quantitative estimate of drug-likeness (QED) is 0.684. The van der Waals surface area contributed by atoms with Crippen LogP contribution >= 0.6 is 0 Å². The number of hydrogen-bond donors (Lipinski definition) is 0. The van der Waals surface area contributed by atoms with Crippen molar-refractivity contribution in [1.29, 1.82) is 0 Å². The number of rotatable bonds is 5. The number of aryl methyl sites for hydroxylation is 1. The Balaban J connectivity index is 2.11. The van der Waals surface area contributed by atoms with Gasteiger partial charge in [-0.25, -0.2) is 4.79 Å². The highest BCUT2D eigenvalue weighted by molar-refractivity contribution is 5.93. The van der Waals surface area contributed by atoms with Crippen LogP contribution in [0.15, 0.2) is 58.1 Å². The number of hydrogen-bond acceptors (Lipinski definition) is 3. The van der Waals surface area contributed by atoms with Gasteiger partial charge in [-0.1, -0.05) is 31.2 Å². The number of likely N-dealkylation sites (N-methyl/N-ethyl adjacent to an activating group) is 1. The van der Waals surface area contributed by atoms with E-state index in [-0.39, 0.29) is 24.1 Å². The lowest BCUT2D eigenvalue weighted by molar-refractivity contribution is -0.118. The lowest BCUT2D eigenvalue weighted by Crippen LogP contribution is -2.44. The van der Waals surface area contributed by atoms with Crippen LogP contribution in [-0.4, -0.2) is 22.1 Å². The van der Waals surface area contributed by atoms with Crippen molar-refractivity contribution in [3.8, 4) is 0 Å². The molecule has 0 bridgehead atoms. The lowest BCUT2D eigenvalue weighted by atomic mass is 10.2. The molecule has 1 unspecified atom stereocenters. The summed E-state index contributed by atoms with van der Waals surface area (Å²) in [5.74, 6) is -0.229. The van der Waals surface area contributed by atoms with Crippen LogP contribution in [-0.2, 0) is 11.3 Å². The first-order valence-electron chi connectivity index (χ1n) is 9.42. The molecule has 3 rings (SSSR count). The summed E-state index contributed by atoms with van der Waals surface area (Å²) < 4.78 is 2.65. The van der Waals surface area contributed by atoms with Crippen molar-refractivity contribution in [3.05, 3.63) is 74.9 Å². The molecular weight excluding hydrogens is 354 g/mol. The van der Waals surface area contributed by atoms with Crippen molar-refractivity contribution in [2.45, 2.75) is 39.8 Å². The molecule has 3 aromatic rings. The van der Waals surface area contributed by atoms with Gasteiger partial charge in [-0.05, 0) is 50.1 Å². The third-order valence-corrected chi connectivity index (χ3v) is 5.17. The molecule has 1 atom stereocenters. The lowest BCUT2D eigenvalue weighted by Gasteiger charge is -2.21. The molecule has 1 aromatic heterocycles. The Morgan fingerprint density at radius 3 is 2.50 bits per heavy atom. The molecule has 6 nitrogen and oxygen atoms in total. The molecule has 0 aliphatic rings. The Morgan fingerprint density at radius 2 is 1.82 bits per heavy atom. The first kappa shape index (κ1) is 19.6. The van der Waals surface area contributed by atoms with Gasteiger partial charge >= 0.3 is 5.69 Å². The normalized spacial score (nSPS) is 12.1. The van der Waals surface area contributed by atoms with E-state index < -0.39 is 5.69 Å². The topological polar surface area (TPSA) is 64.3 Å². The van der Waals surface area contributed by atoms with Crippen molar-refractivity contribution < 1.29 is 4.79 Å². The summed E-state index contributed by atoms with van der Waals surface area (Å²) >= 11 is 0. The zero-order valence-corrected chi connectivity index (χ0v) is 16.7. The summed E-state index contributed by atoms with van der Waals surface area (Å²) in [6.07, 6.45) is 0.643. The number of fused-ring (bicyclic) bond motifs is 1. The zero-order chi connectivity index (χ0) is 20.4. The summed E-state index contributed by atoms with van der Waals surface area (Å²) in [5, 5.41) is 0.438. The minimum atomic E-state index is -0.455. The number of aromatic nitrogens is 2. The Kier molecular flexibility index (Phi) is 5.49. The van der Waals surface area contributed by atoms with Crippen LogP contribution < -0.4 is 16.1 Å². The molecule has 0 aliphatic carbocycles. The molecule has 0 aliphatic heterocycles. The Labute approximate surface area is 163 Å². The number of benzene rings is 2. The first-order valence-corrected chi connectivity index (χ1v) is 9.42. The summed E-state index contributed by atoms with van der Waals surface area (Å²) in [6.45, 7) is 5.58. The standard InChI is InChI=1S/C22H25N3O3/c1-5-16(3)25-21(27)18-11-6-7-12-19(18)24(22(25)28)14-20(26)23(4)17-10-8-9-15(2)13-17/h6-13,16H,5,14H2,1-4H3.